The summed E-state index contributed by atoms with van der Waals surface area (Å²) in [6, 6.07) is 17.0. The fourth-order valence-electron chi connectivity index (χ4n) is 3.98. The first kappa shape index (κ1) is 32.1. The molecule has 220 valence electrons. The van der Waals surface area contributed by atoms with E-state index in [2.05, 4.69) is 21.2 Å². The standard InChI is InChI=1S/C30H35BrFN3O5S/c1-6-40-26-15-13-25(14-16-26)35(41(38,39)27-17-11-24(32)12-18-27)20-28(36)34(19-22-7-9-23(31)10-8-22)21(2)29(37)33-30(3,4)5/h7-18,21H,6,19-20H2,1-5H3,(H,33,37). The lowest BCUT2D eigenvalue weighted by atomic mass is 10.1. The van der Waals surface area contributed by atoms with E-state index in [1.54, 1.807) is 19.1 Å². The number of rotatable bonds is 11. The van der Waals surface area contributed by atoms with Gasteiger partial charge in [-0.15, -0.1) is 0 Å². The van der Waals surface area contributed by atoms with Crippen molar-refractivity contribution in [2.75, 3.05) is 17.5 Å². The van der Waals surface area contributed by atoms with Crippen LogP contribution in [0.2, 0.25) is 0 Å². The molecule has 0 aromatic heterocycles. The summed E-state index contributed by atoms with van der Waals surface area (Å²) in [7, 11) is -4.31. The van der Waals surface area contributed by atoms with Crippen LogP contribution in [-0.4, -0.2) is 49.9 Å². The molecule has 0 saturated carbocycles. The topological polar surface area (TPSA) is 96.0 Å². The number of ether oxygens (including phenoxy) is 1. The number of hydrogen-bond donors (Lipinski definition) is 1. The quantitative estimate of drug-likeness (QED) is 0.296. The molecule has 11 heteroatoms. The lowest BCUT2D eigenvalue weighted by Gasteiger charge is -2.33. The van der Waals surface area contributed by atoms with Crippen LogP contribution in [0.3, 0.4) is 0 Å². The fraction of sp³-hybridized carbons (Fsp3) is 0.333. The summed E-state index contributed by atoms with van der Waals surface area (Å²) in [5.74, 6) is -1.03. The summed E-state index contributed by atoms with van der Waals surface area (Å²) in [5.41, 5.74) is 0.422. The minimum Gasteiger partial charge on any atom is -0.494 e. The van der Waals surface area contributed by atoms with Gasteiger partial charge in [-0.05, 0) is 101 Å². The van der Waals surface area contributed by atoms with Gasteiger partial charge < -0.3 is 15.0 Å². The molecule has 3 aromatic rings. The van der Waals surface area contributed by atoms with Crippen molar-refractivity contribution < 1.29 is 27.1 Å². The van der Waals surface area contributed by atoms with E-state index < -0.39 is 39.9 Å². The summed E-state index contributed by atoms with van der Waals surface area (Å²) >= 11 is 3.40. The van der Waals surface area contributed by atoms with Gasteiger partial charge in [0.05, 0.1) is 17.2 Å². The Morgan fingerprint density at radius 3 is 2.10 bits per heavy atom. The summed E-state index contributed by atoms with van der Waals surface area (Å²) in [6.45, 7) is 8.83. The van der Waals surface area contributed by atoms with Crippen LogP contribution >= 0.6 is 15.9 Å². The van der Waals surface area contributed by atoms with Crippen molar-refractivity contribution in [3.05, 3.63) is 88.6 Å². The van der Waals surface area contributed by atoms with Crippen LogP contribution in [0, 0.1) is 5.82 Å². The Morgan fingerprint density at radius 2 is 1.56 bits per heavy atom. The van der Waals surface area contributed by atoms with Crippen LogP contribution in [0.15, 0.2) is 82.2 Å². The maximum atomic E-state index is 14.0. The number of hydrogen-bond acceptors (Lipinski definition) is 5. The zero-order chi connectivity index (χ0) is 30.4. The van der Waals surface area contributed by atoms with E-state index in [4.69, 9.17) is 4.74 Å². The molecule has 0 fully saturated rings. The Hall–Kier alpha value is -3.44. The number of sulfonamides is 1. The monoisotopic (exact) mass is 647 g/mol. The number of anilines is 1. The number of nitrogens with one attached hydrogen (secondary N) is 1. The maximum Gasteiger partial charge on any atom is 0.264 e. The predicted molar refractivity (Wildman–Crippen MR) is 161 cm³/mol. The Balaban J connectivity index is 2.03. The second-order valence-electron chi connectivity index (χ2n) is 10.5. The highest BCUT2D eigenvalue weighted by molar-refractivity contribution is 9.10. The van der Waals surface area contributed by atoms with Crippen LogP contribution < -0.4 is 14.4 Å². The van der Waals surface area contributed by atoms with Crippen molar-refractivity contribution >= 4 is 43.5 Å². The average molecular weight is 649 g/mol. The molecule has 0 heterocycles. The fourth-order valence-corrected chi connectivity index (χ4v) is 5.66. The summed E-state index contributed by atoms with van der Waals surface area (Å²) in [5, 5.41) is 2.89. The highest BCUT2D eigenvalue weighted by Crippen LogP contribution is 2.27. The van der Waals surface area contributed by atoms with E-state index in [1.165, 1.54) is 17.0 Å². The Labute approximate surface area is 249 Å². The molecule has 2 amide bonds. The smallest absolute Gasteiger partial charge is 0.264 e. The van der Waals surface area contributed by atoms with Crippen molar-refractivity contribution in [2.45, 2.75) is 57.6 Å². The predicted octanol–water partition coefficient (Wildman–Crippen LogP) is 5.51. The van der Waals surface area contributed by atoms with E-state index in [-0.39, 0.29) is 23.0 Å². The lowest BCUT2D eigenvalue weighted by molar-refractivity contribution is -0.140. The van der Waals surface area contributed by atoms with Crippen LogP contribution in [0.5, 0.6) is 5.75 Å². The number of benzene rings is 3. The molecule has 0 aliphatic heterocycles. The SMILES string of the molecule is CCOc1ccc(N(CC(=O)N(Cc2ccc(Br)cc2)C(C)C(=O)NC(C)(C)C)S(=O)(=O)c2ccc(F)cc2)cc1. The molecule has 0 aliphatic rings. The highest BCUT2D eigenvalue weighted by Gasteiger charge is 2.33. The molecule has 8 nitrogen and oxygen atoms in total. The molecule has 0 aliphatic carbocycles. The molecule has 1 unspecified atom stereocenters. The third kappa shape index (κ3) is 8.77. The summed E-state index contributed by atoms with van der Waals surface area (Å²) < 4.78 is 48.6. The van der Waals surface area contributed by atoms with Gasteiger partial charge in [0.1, 0.15) is 24.2 Å². The second kappa shape index (κ2) is 13.5. The molecule has 1 atom stereocenters. The van der Waals surface area contributed by atoms with E-state index in [0.717, 1.165) is 38.6 Å². The molecule has 0 spiro atoms. The van der Waals surface area contributed by atoms with Crippen molar-refractivity contribution in [1.29, 1.82) is 0 Å². The summed E-state index contributed by atoms with van der Waals surface area (Å²) in [4.78, 5) is 28.3. The van der Waals surface area contributed by atoms with Crippen molar-refractivity contribution in [3.8, 4) is 5.75 Å². The van der Waals surface area contributed by atoms with Gasteiger partial charge in [0, 0.05) is 16.6 Å². The largest absolute Gasteiger partial charge is 0.494 e. The van der Waals surface area contributed by atoms with Crippen molar-refractivity contribution in [3.63, 3.8) is 0 Å². The van der Waals surface area contributed by atoms with Crippen LogP contribution in [0.4, 0.5) is 10.1 Å². The van der Waals surface area contributed by atoms with Crippen LogP contribution in [0.1, 0.15) is 40.2 Å². The first-order chi connectivity index (χ1) is 19.2. The van der Waals surface area contributed by atoms with E-state index in [9.17, 15) is 22.4 Å². The van der Waals surface area contributed by atoms with Gasteiger partial charge in [-0.1, -0.05) is 28.1 Å². The molecule has 0 radical (unpaired) electrons. The molecular formula is C30H35BrFN3O5S. The normalized spacial score (nSPS) is 12.4. The minimum absolute atomic E-state index is 0.0680. The Morgan fingerprint density at radius 1 is 0.976 bits per heavy atom. The Kier molecular flexibility index (Phi) is 10.5. The van der Waals surface area contributed by atoms with Crippen LogP contribution in [0.25, 0.3) is 0 Å². The van der Waals surface area contributed by atoms with Gasteiger partial charge in [-0.25, -0.2) is 12.8 Å². The third-order valence-electron chi connectivity index (χ3n) is 6.05. The van der Waals surface area contributed by atoms with E-state index in [1.807, 2.05) is 52.0 Å². The van der Waals surface area contributed by atoms with E-state index in [0.29, 0.717) is 12.4 Å². The maximum absolute atomic E-state index is 14.0. The van der Waals surface area contributed by atoms with Gasteiger partial charge in [0.25, 0.3) is 10.0 Å². The van der Waals surface area contributed by atoms with Crippen LogP contribution in [-0.2, 0) is 26.2 Å². The molecule has 3 aromatic carbocycles. The minimum atomic E-state index is -4.31. The number of amides is 2. The van der Waals surface area contributed by atoms with Crippen molar-refractivity contribution in [1.82, 2.24) is 10.2 Å². The second-order valence-corrected chi connectivity index (χ2v) is 13.2. The molecule has 41 heavy (non-hydrogen) atoms. The molecule has 0 saturated heterocycles. The van der Waals surface area contributed by atoms with Gasteiger partial charge in [0.2, 0.25) is 11.8 Å². The van der Waals surface area contributed by atoms with E-state index >= 15 is 0 Å². The molecule has 3 rings (SSSR count). The first-order valence-electron chi connectivity index (χ1n) is 13.1. The highest BCUT2D eigenvalue weighted by atomic mass is 79.9. The molecule has 0 bridgehead atoms. The first-order valence-corrected chi connectivity index (χ1v) is 15.3. The average Bonchev–Trinajstić information content (AvgIpc) is 2.91. The number of halogens is 2. The Bertz CT molecular complexity index is 1440. The van der Waals surface area contributed by atoms with Gasteiger partial charge in [-0.3, -0.25) is 13.9 Å². The van der Waals surface area contributed by atoms with Crippen molar-refractivity contribution in [2.24, 2.45) is 0 Å². The molecule has 1 N–H and O–H groups in total. The van der Waals surface area contributed by atoms with Gasteiger partial charge in [0.15, 0.2) is 0 Å². The number of nitrogens with zero attached hydrogens (tertiary/aromatic N) is 2. The third-order valence-corrected chi connectivity index (χ3v) is 8.36. The van der Waals surface area contributed by atoms with Gasteiger partial charge >= 0.3 is 0 Å². The molecular weight excluding hydrogens is 613 g/mol. The number of carbonyl (C=O) groups excluding carboxylic acids is 2. The summed E-state index contributed by atoms with van der Waals surface area (Å²) in [6.07, 6.45) is 0. The zero-order valence-electron chi connectivity index (χ0n) is 23.7. The van der Waals surface area contributed by atoms with Gasteiger partial charge in [-0.2, -0.15) is 0 Å². The lowest BCUT2D eigenvalue weighted by Crippen LogP contribution is -2.54. The zero-order valence-corrected chi connectivity index (χ0v) is 26.1. The number of carbonyl (C=O) groups is 2.